The van der Waals surface area contributed by atoms with Crippen molar-refractivity contribution in [2.75, 3.05) is 32.1 Å². The number of nitrogens with zero attached hydrogens (tertiary/aromatic N) is 2. The number of H-pyrrole nitrogens is 1. The molecule has 0 fully saturated rings. The van der Waals surface area contributed by atoms with Crippen LogP contribution in [-0.2, 0) is 24.2 Å². The molecule has 0 aliphatic carbocycles. The molecular formula is C36H37N3O2. The van der Waals surface area contributed by atoms with E-state index < -0.39 is 0 Å². The zero-order chi connectivity index (χ0) is 28.2. The minimum atomic E-state index is 0.161. The van der Waals surface area contributed by atoms with Gasteiger partial charge in [-0.2, -0.15) is 0 Å². The first-order chi connectivity index (χ1) is 20.0. The normalized spacial score (nSPS) is 14.8. The lowest BCUT2D eigenvalue weighted by Gasteiger charge is -2.36. The van der Waals surface area contributed by atoms with E-state index in [4.69, 9.17) is 4.74 Å². The average molecular weight is 544 g/mol. The largest absolute Gasteiger partial charge is 0.489 e. The predicted octanol–water partition coefficient (Wildman–Crippen LogP) is 7.11. The Bertz CT molecular complexity index is 1620. The Morgan fingerprint density at radius 1 is 0.927 bits per heavy atom. The lowest BCUT2D eigenvalue weighted by molar-refractivity contribution is -0.118. The molecule has 2 heterocycles. The van der Waals surface area contributed by atoms with Crippen LogP contribution in [0.1, 0.15) is 23.1 Å². The summed E-state index contributed by atoms with van der Waals surface area (Å²) >= 11 is 0. The smallest absolute Gasteiger partial charge is 0.227 e. The molecule has 5 heteroatoms. The lowest BCUT2D eigenvalue weighted by Crippen LogP contribution is -2.43. The molecule has 0 spiro atoms. The summed E-state index contributed by atoms with van der Waals surface area (Å²) in [5.41, 5.74) is 8.00. The zero-order valence-electron chi connectivity index (χ0n) is 23.8. The van der Waals surface area contributed by atoms with Gasteiger partial charge in [-0.05, 0) is 72.8 Å². The van der Waals surface area contributed by atoms with E-state index in [9.17, 15) is 4.79 Å². The quantitative estimate of drug-likeness (QED) is 0.215. The van der Waals surface area contributed by atoms with Gasteiger partial charge in [0.25, 0.3) is 0 Å². The lowest BCUT2D eigenvalue weighted by atomic mass is 9.91. The van der Waals surface area contributed by atoms with Gasteiger partial charge in [0.1, 0.15) is 12.4 Å². The number of aromatic amines is 1. The number of hydrogen-bond acceptors (Lipinski definition) is 3. The highest BCUT2D eigenvalue weighted by Gasteiger charge is 2.29. The van der Waals surface area contributed by atoms with E-state index in [1.54, 1.807) is 0 Å². The van der Waals surface area contributed by atoms with Crippen LogP contribution in [0.4, 0.5) is 5.69 Å². The first kappa shape index (κ1) is 26.9. The Balaban J connectivity index is 1.17. The van der Waals surface area contributed by atoms with Gasteiger partial charge >= 0.3 is 0 Å². The van der Waals surface area contributed by atoms with Crippen molar-refractivity contribution >= 4 is 22.5 Å². The summed E-state index contributed by atoms with van der Waals surface area (Å²) in [4.78, 5) is 21.3. The fourth-order valence-corrected chi connectivity index (χ4v) is 5.97. The van der Waals surface area contributed by atoms with Crippen molar-refractivity contribution in [3.63, 3.8) is 0 Å². The second-order valence-electron chi connectivity index (χ2n) is 11.3. The van der Waals surface area contributed by atoms with Crippen LogP contribution in [-0.4, -0.2) is 43.0 Å². The Labute approximate surface area is 242 Å². The predicted molar refractivity (Wildman–Crippen MR) is 167 cm³/mol. The minimum absolute atomic E-state index is 0.161. The van der Waals surface area contributed by atoms with Crippen LogP contribution in [0.2, 0.25) is 0 Å². The molecule has 4 aromatic carbocycles. The van der Waals surface area contributed by atoms with Gasteiger partial charge in [0.15, 0.2) is 0 Å². The summed E-state index contributed by atoms with van der Waals surface area (Å²) in [6.07, 6.45) is 4.17. The topological polar surface area (TPSA) is 48.6 Å². The number of ether oxygens (including phenoxy) is 1. The van der Waals surface area contributed by atoms with Gasteiger partial charge in [-0.1, -0.05) is 78.9 Å². The molecule has 1 aliphatic heterocycles. The number of carbonyl (C=O) groups is 1. The molecule has 0 saturated carbocycles. The first-order valence-corrected chi connectivity index (χ1v) is 14.4. The van der Waals surface area contributed by atoms with Crippen LogP contribution >= 0.6 is 0 Å². The minimum Gasteiger partial charge on any atom is -0.489 e. The summed E-state index contributed by atoms with van der Waals surface area (Å²) in [6.45, 7) is 2.15. The van der Waals surface area contributed by atoms with Crippen molar-refractivity contribution in [2.45, 2.75) is 25.9 Å². The number of rotatable bonds is 9. The molecule has 5 aromatic rings. The third-order valence-electron chi connectivity index (χ3n) is 7.97. The summed E-state index contributed by atoms with van der Waals surface area (Å²) in [5.74, 6) is 1.34. The molecule has 6 rings (SSSR count). The first-order valence-electron chi connectivity index (χ1n) is 14.4. The Morgan fingerprint density at radius 2 is 1.68 bits per heavy atom. The van der Waals surface area contributed by atoms with Gasteiger partial charge in [0.05, 0.1) is 5.69 Å². The highest BCUT2D eigenvalue weighted by atomic mass is 16.5. The Morgan fingerprint density at radius 3 is 2.49 bits per heavy atom. The van der Waals surface area contributed by atoms with Gasteiger partial charge in [-0.3, -0.25) is 4.79 Å². The number of benzene rings is 4. The molecule has 0 radical (unpaired) electrons. The molecule has 1 unspecified atom stereocenters. The summed E-state index contributed by atoms with van der Waals surface area (Å²) in [6, 6.07) is 33.4. The van der Waals surface area contributed by atoms with Crippen LogP contribution in [0.15, 0.2) is 103 Å². The monoisotopic (exact) mass is 543 g/mol. The molecule has 1 atom stereocenters. The van der Waals surface area contributed by atoms with Crippen LogP contribution in [0.3, 0.4) is 0 Å². The maximum atomic E-state index is 13.7. The van der Waals surface area contributed by atoms with Crippen LogP contribution in [0.25, 0.3) is 22.0 Å². The number of para-hydroxylation sites is 1. The van der Waals surface area contributed by atoms with E-state index in [1.165, 1.54) is 27.6 Å². The molecule has 0 saturated heterocycles. The molecule has 1 aromatic heterocycles. The number of carbonyl (C=O) groups excluding carboxylic acids is 1. The standard InChI is InChI=1S/C36H37N3O2/c1-38(2)23-27-20-30-16-18-32(41-25-26-12-14-29(15-13-26)28-8-4-3-5-9-28)21-35(30)39(24-27)36(40)19-17-31-22-37-34-11-7-6-10-33(31)34/h3-16,18,21-22,27,37H,17,19-20,23-25H2,1-2H3. The molecule has 1 N–H and O–H groups in total. The van der Waals surface area contributed by atoms with Crippen LogP contribution < -0.4 is 9.64 Å². The number of amides is 1. The summed E-state index contributed by atoms with van der Waals surface area (Å²) < 4.78 is 6.24. The molecule has 208 valence electrons. The Hall–Kier alpha value is -4.35. The second-order valence-corrected chi connectivity index (χ2v) is 11.3. The van der Waals surface area contributed by atoms with Crippen LogP contribution in [0.5, 0.6) is 5.75 Å². The van der Waals surface area contributed by atoms with Gasteiger partial charge in [0, 0.05) is 42.7 Å². The molecule has 41 heavy (non-hydrogen) atoms. The molecule has 5 nitrogen and oxygen atoms in total. The summed E-state index contributed by atoms with van der Waals surface area (Å²) in [7, 11) is 4.20. The zero-order valence-corrected chi connectivity index (χ0v) is 23.8. The highest BCUT2D eigenvalue weighted by molar-refractivity contribution is 5.95. The second kappa shape index (κ2) is 12.0. The third-order valence-corrected chi connectivity index (χ3v) is 7.97. The number of nitrogens with one attached hydrogen (secondary N) is 1. The van der Waals surface area contributed by atoms with Gasteiger partial charge in [-0.15, -0.1) is 0 Å². The number of fused-ring (bicyclic) bond motifs is 2. The van der Waals surface area contributed by atoms with Gasteiger partial charge in [0.2, 0.25) is 5.91 Å². The number of aryl methyl sites for hydroxylation is 1. The molecule has 1 aliphatic rings. The summed E-state index contributed by atoms with van der Waals surface area (Å²) in [5, 5.41) is 1.19. The average Bonchev–Trinajstić information content (AvgIpc) is 3.42. The van der Waals surface area contributed by atoms with E-state index in [0.29, 0.717) is 25.4 Å². The Kier molecular flexibility index (Phi) is 7.88. The van der Waals surface area contributed by atoms with Crippen molar-refractivity contribution in [3.8, 4) is 16.9 Å². The molecule has 0 bridgehead atoms. The van der Waals surface area contributed by atoms with Crippen molar-refractivity contribution < 1.29 is 9.53 Å². The number of hydrogen-bond donors (Lipinski definition) is 1. The van der Waals surface area contributed by atoms with E-state index in [1.807, 2.05) is 35.4 Å². The van der Waals surface area contributed by atoms with Gasteiger partial charge in [-0.25, -0.2) is 0 Å². The van der Waals surface area contributed by atoms with Crippen molar-refractivity contribution in [1.82, 2.24) is 9.88 Å². The van der Waals surface area contributed by atoms with Crippen molar-refractivity contribution in [1.29, 1.82) is 0 Å². The highest BCUT2D eigenvalue weighted by Crippen LogP contribution is 2.34. The fourth-order valence-electron chi connectivity index (χ4n) is 5.97. The van der Waals surface area contributed by atoms with Crippen LogP contribution in [0, 0.1) is 5.92 Å². The number of anilines is 1. The SMILES string of the molecule is CN(C)CC1Cc2ccc(OCc3ccc(-c4ccccc4)cc3)cc2N(C(=O)CCc2c[nH]c3ccccc23)C1. The maximum Gasteiger partial charge on any atom is 0.227 e. The van der Waals surface area contributed by atoms with E-state index in [-0.39, 0.29) is 5.91 Å². The molecular weight excluding hydrogens is 506 g/mol. The van der Waals surface area contributed by atoms with Crippen molar-refractivity contribution in [3.05, 3.63) is 120 Å². The maximum absolute atomic E-state index is 13.7. The van der Waals surface area contributed by atoms with E-state index >= 15 is 0 Å². The van der Waals surface area contributed by atoms with Gasteiger partial charge < -0.3 is 19.5 Å². The third kappa shape index (κ3) is 6.21. The fraction of sp³-hybridized carbons (Fsp3) is 0.250. The van der Waals surface area contributed by atoms with E-state index in [2.05, 4.69) is 96.8 Å². The van der Waals surface area contributed by atoms with E-state index in [0.717, 1.165) is 42.0 Å². The van der Waals surface area contributed by atoms with Crippen molar-refractivity contribution in [2.24, 2.45) is 5.92 Å². The molecule has 1 amide bonds. The number of aromatic nitrogens is 1.